The van der Waals surface area contributed by atoms with Gasteiger partial charge >= 0.3 is 0 Å². The summed E-state index contributed by atoms with van der Waals surface area (Å²) in [7, 11) is 0. The van der Waals surface area contributed by atoms with E-state index in [0.29, 0.717) is 18.5 Å². The van der Waals surface area contributed by atoms with Crippen molar-refractivity contribution in [3.05, 3.63) is 65.3 Å². The largest absolute Gasteiger partial charge is 0.374 e. The minimum absolute atomic E-state index is 0.142. The van der Waals surface area contributed by atoms with Crippen LogP contribution in [0.3, 0.4) is 0 Å². The number of aromatic nitrogens is 3. The zero-order chi connectivity index (χ0) is 24.4. The highest BCUT2D eigenvalue weighted by Gasteiger charge is 2.40. The molecule has 1 unspecified atom stereocenters. The molecular weight excluding hydrogens is 452 g/mol. The Bertz CT molecular complexity index is 1410. The predicted molar refractivity (Wildman–Crippen MR) is 128 cm³/mol. The lowest BCUT2D eigenvalue weighted by Crippen LogP contribution is -2.39. The average molecular weight is 480 g/mol. The smallest absolute Gasteiger partial charge is 0.160 e. The Morgan fingerprint density at radius 1 is 1.06 bits per heavy atom. The standard InChI is InChI=1S/C26H27F2N5O2/c1-13-25(14(2)35-31-13)15-3-6-22-21(9-15)30-26(33(22)18-10-16(29)11-18)23-7-8-24(34)32(23)17-4-5-19(27)20(28)12-17/h3-6,9,12,16,18,23-24,34H,7-8,10-11,29H2,1-2H3/t16?,18?,23-,24?/m0/s1. The molecule has 2 aliphatic rings. The summed E-state index contributed by atoms with van der Waals surface area (Å²) >= 11 is 0. The van der Waals surface area contributed by atoms with Crippen molar-refractivity contribution in [2.24, 2.45) is 5.73 Å². The van der Waals surface area contributed by atoms with Gasteiger partial charge in [0, 0.05) is 29.4 Å². The van der Waals surface area contributed by atoms with E-state index in [1.165, 1.54) is 6.07 Å². The molecule has 1 saturated carbocycles. The zero-order valence-electron chi connectivity index (χ0n) is 19.6. The number of nitrogens with zero attached hydrogens (tertiary/aromatic N) is 4. The Morgan fingerprint density at radius 3 is 2.54 bits per heavy atom. The molecule has 9 heteroatoms. The number of aliphatic hydroxyl groups excluding tert-OH is 1. The van der Waals surface area contributed by atoms with Gasteiger partial charge in [-0.25, -0.2) is 13.8 Å². The molecule has 2 fully saturated rings. The molecule has 1 aliphatic heterocycles. The third kappa shape index (κ3) is 3.52. The monoisotopic (exact) mass is 479 g/mol. The Hall–Kier alpha value is -3.30. The van der Waals surface area contributed by atoms with Gasteiger partial charge < -0.3 is 24.8 Å². The van der Waals surface area contributed by atoms with E-state index in [1.807, 2.05) is 26.0 Å². The summed E-state index contributed by atoms with van der Waals surface area (Å²) in [6.45, 7) is 3.80. The SMILES string of the molecule is Cc1noc(C)c1-c1ccc2c(c1)nc([C@@H]1CCC(O)N1c1ccc(F)c(F)c1)n2C1CC(N)C1. The van der Waals surface area contributed by atoms with Gasteiger partial charge in [0.1, 0.15) is 17.8 Å². The van der Waals surface area contributed by atoms with Crippen LogP contribution in [0.5, 0.6) is 0 Å². The van der Waals surface area contributed by atoms with Gasteiger partial charge in [0.15, 0.2) is 11.6 Å². The van der Waals surface area contributed by atoms with Crippen LogP contribution in [0.25, 0.3) is 22.2 Å². The van der Waals surface area contributed by atoms with Crippen LogP contribution < -0.4 is 10.6 Å². The van der Waals surface area contributed by atoms with Gasteiger partial charge in [-0.05, 0) is 69.4 Å². The van der Waals surface area contributed by atoms with Gasteiger partial charge in [0.2, 0.25) is 0 Å². The summed E-state index contributed by atoms with van der Waals surface area (Å²) in [5, 5.41) is 14.9. The third-order valence-corrected chi connectivity index (χ3v) is 7.41. The van der Waals surface area contributed by atoms with E-state index in [2.05, 4.69) is 15.8 Å². The second-order valence-electron chi connectivity index (χ2n) is 9.71. The molecule has 3 heterocycles. The van der Waals surface area contributed by atoms with Crippen molar-refractivity contribution in [2.45, 2.75) is 63.9 Å². The number of rotatable bonds is 4. The number of hydrogen-bond donors (Lipinski definition) is 2. The summed E-state index contributed by atoms with van der Waals surface area (Å²) in [5.74, 6) is -0.312. The van der Waals surface area contributed by atoms with Crippen LogP contribution in [-0.2, 0) is 0 Å². The number of fused-ring (bicyclic) bond motifs is 1. The van der Waals surface area contributed by atoms with Crippen molar-refractivity contribution >= 4 is 16.7 Å². The van der Waals surface area contributed by atoms with E-state index in [4.69, 9.17) is 15.2 Å². The number of halogens is 2. The fourth-order valence-corrected chi connectivity index (χ4v) is 5.67. The Labute approximate surface area is 201 Å². The molecule has 182 valence electrons. The first kappa shape index (κ1) is 22.2. The van der Waals surface area contributed by atoms with Gasteiger partial charge in [0.25, 0.3) is 0 Å². The molecule has 2 atom stereocenters. The first-order chi connectivity index (χ1) is 16.8. The van der Waals surface area contributed by atoms with Crippen molar-refractivity contribution in [3.63, 3.8) is 0 Å². The molecule has 2 aromatic carbocycles. The molecule has 0 bridgehead atoms. The molecule has 7 nitrogen and oxygen atoms in total. The maximum absolute atomic E-state index is 14.1. The van der Waals surface area contributed by atoms with E-state index in [-0.39, 0.29) is 18.1 Å². The molecule has 4 aromatic rings. The summed E-state index contributed by atoms with van der Waals surface area (Å²) < 4.78 is 35.3. The topological polar surface area (TPSA) is 93.3 Å². The van der Waals surface area contributed by atoms with Crippen molar-refractivity contribution in [3.8, 4) is 11.1 Å². The highest BCUT2D eigenvalue weighted by Crippen LogP contribution is 2.44. The number of hydrogen-bond acceptors (Lipinski definition) is 6. The lowest BCUT2D eigenvalue weighted by Gasteiger charge is -2.37. The zero-order valence-corrected chi connectivity index (χ0v) is 19.6. The van der Waals surface area contributed by atoms with E-state index in [9.17, 15) is 13.9 Å². The van der Waals surface area contributed by atoms with E-state index in [1.54, 1.807) is 4.90 Å². The van der Waals surface area contributed by atoms with Crippen molar-refractivity contribution in [1.82, 2.24) is 14.7 Å². The van der Waals surface area contributed by atoms with Gasteiger partial charge in [0.05, 0.1) is 22.8 Å². The second-order valence-corrected chi connectivity index (χ2v) is 9.71. The molecular formula is C26H27F2N5O2. The summed E-state index contributed by atoms with van der Waals surface area (Å²) in [6.07, 6.45) is 2.00. The van der Waals surface area contributed by atoms with Gasteiger partial charge in [-0.1, -0.05) is 11.2 Å². The fraction of sp³-hybridized carbons (Fsp3) is 0.385. The van der Waals surface area contributed by atoms with Crippen molar-refractivity contribution in [2.75, 3.05) is 4.90 Å². The van der Waals surface area contributed by atoms with Gasteiger partial charge in [-0.2, -0.15) is 0 Å². The lowest BCUT2D eigenvalue weighted by molar-refractivity contribution is 0.181. The molecule has 0 amide bonds. The van der Waals surface area contributed by atoms with Gasteiger partial charge in [-0.15, -0.1) is 0 Å². The molecule has 2 aromatic heterocycles. The summed E-state index contributed by atoms with van der Waals surface area (Å²) in [6, 6.07) is 9.92. The van der Waals surface area contributed by atoms with Crippen LogP contribution in [0.4, 0.5) is 14.5 Å². The minimum Gasteiger partial charge on any atom is -0.374 e. The lowest BCUT2D eigenvalue weighted by atomic mass is 9.87. The first-order valence-corrected chi connectivity index (χ1v) is 11.9. The maximum atomic E-state index is 14.1. The predicted octanol–water partition coefficient (Wildman–Crippen LogP) is 4.91. The van der Waals surface area contributed by atoms with Crippen molar-refractivity contribution < 1.29 is 18.4 Å². The number of aryl methyl sites for hydroxylation is 2. The number of aliphatic hydroxyl groups is 1. The number of imidazole rings is 1. The minimum atomic E-state index is -0.942. The highest BCUT2D eigenvalue weighted by atomic mass is 19.2. The maximum Gasteiger partial charge on any atom is 0.160 e. The van der Waals surface area contributed by atoms with Crippen LogP contribution in [0.2, 0.25) is 0 Å². The van der Waals surface area contributed by atoms with E-state index < -0.39 is 17.9 Å². The van der Waals surface area contributed by atoms with Crippen LogP contribution in [0.15, 0.2) is 40.9 Å². The Balaban J connectivity index is 1.49. The molecule has 1 aliphatic carbocycles. The Morgan fingerprint density at radius 2 is 1.86 bits per heavy atom. The highest BCUT2D eigenvalue weighted by molar-refractivity contribution is 5.84. The second kappa shape index (κ2) is 8.13. The molecule has 35 heavy (non-hydrogen) atoms. The van der Waals surface area contributed by atoms with Crippen molar-refractivity contribution in [1.29, 1.82) is 0 Å². The fourth-order valence-electron chi connectivity index (χ4n) is 5.67. The summed E-state index contributed by atoms with van der Waals surface area (Å²) in [4.78, 5) is 6.80. The number of benzene rings is 2. The van der Waals surface area contributed by atoms with Crippen LogP contribution in [-0.4, -0.2) is 32.1 Å². The molecule has 0 spiro atoms. The van der Waals surface area contributed by atoms with E-state index in [0.717, 1.165) is 64.4 Å². The van der Waals surface area contributed by atoms with Crippen LogP contribution >= 0.6 is 0 Å². The van der Waals surface area contributed by atoms with E-state index >= 15 is 0 Å². The normalized spacial score (nSPS) is 24.3. The molecule has 0 radical (unpaired) electrons. The third-order valence-electron chi connectivity index (χ3n) is 7.41. The number of nitrogens with two attached hydrogens (primary N) is 1. The molecule has 3 N–H and O–H groups in total. The Kier molecular flexibility index (Phi) is 5.16. The molecule has 1 saturated heterocycles. The first-order valence-electron chi connectivity index (χ1n) is 11.9. The quantitative estimate of drug-likeness (QED) is 0.432. The summed E-state index contributed by atoms with van der Waals surface area (Å²) in [5.41, 5.74) is 11.1. The van der Waals surface area contributed by atoms with Gasteiger partial charge in [-0.3, -0.25) is 0 Å². The van der Waals surface area contributed by atoms with Crippen LogP contribution in [0.1, 0.15) is 55.0 Å². The van der Waals surface area contributed by atoms with Crippen LogP contribution in [0, 0.1) is 25.5 Å². The average Bonchev–Trinajstić information content (AvgIpc) is 3.47. The molecule has 6 rings (SSSR count). The number of anilines is 1.